The van der Waals surface area contributed by atoms with Crippen LogP contribution in [0.1, 0.15) is 10.9 Å². The number of rotatable bonds is 2. The molecule has 1 unspecified atom stereocenters. The Labute approximate surface area is 108 Å². The number of nitrogens with one attached hydrogen (secondary N) is 1. The molecule has 0 amide bonds. The molecule has 0 aromatic heterocycles. The Kier molecular flexibility index (Phi) is 3.77. The summed E-state index contributed by atoms with van der Waals surface area (Å²) >= 11 is 2.54. The first-order valence-electron chi connectivity index (χ1n) is 4.97. The van der Waals surface area contributed by atoms with Crippen LogP contribution in [0.5, 0.6) is 0 Å². The molecule has 1 aliphatic rings. The summed E-state index contributed by atoms with van der Waals surface area (Å²) in [6, 6.07) is 11.7. The number of hydrogen-bond acceptors (Lipinski definition) is 5. The molecular formula is C12H10N2OS2. The Morgan fingerprint density at radius 2 is 2.12 bits per heavy atom. The van der Waals surface area contributed by atoms with Gasteiger partial charge in [0.1, 0.15) is 17.0 Å². The number of carbonyl (C=O) groups is 1. The number of nitrogens with zero attached hydrogens (tertiary/aromatic N) is 1. The van der Waals surface area contributed by atoms with Crippen LogP contribution in [0.2, 0.25) is 0 Å². The van der Waals surface area contributed by atoms with Gasteiger partial charge in [-0.05, 0) is 11.8 Å². The minimum Gasteiger partial charge on any atom is -0.363 e. The van der Waals surface area contributed by atoms with E-state index in [-0.39, 0.29) is 16.1 Å². The van der Waals surface area contributed by atoms with E-state index in [2.05, 4.69) is 5.32 Å². The molecule has 0 aliphatic carbocycles. The minimum absolute atomic E-state index is 0.108. The second kappa shape index (κ2) is 5.30. The topological polar surface area (TPSA) is 52.9 Å². The fraction of sp³-hybridized carbons (Fsp3) is 0.167. The molecule has 0 spiro atoms. The van der Waals surface area contributed by atoms with Gasteiger partial charge in [0.15, 0.2) is 0 Å². The van der Waals surface area contributed by atoms with E-state index in [9.17, 15) is 4.79 Å². The second-order valence-corrected chi connectivity index (χ2v) is 5.25. The summed E-state index contributed by atoms with van der Waals surface area (Å²) in [4.78, 5) is 11.8. The summed E-state index contributed by atoms with van der Waals surface area (Å²) in [7, 11) is 0. The highest BCUT2D eigenvalue weighted by atomic mass is 32.2. The molecule has 2 rings (SSSR count). The van der Waals surface area contributed by atoms with Crippen LogP contribution in [0.15, 0.2) is 40.9 Å². The maximum Gasteiger partial charge on any atom is 0.234 e. The highest BCUT2D eigenvalue weighted by Gasteiger charge is 2.28. The van der Waals surface area contributed by atoms with Crippen molar-refractivity contribution in [3.63, 3.8) is 0 Å². The Bertz CT molecular complexity index is 505. The van der Waals surface area contributed by atoms with Crippen LogP contribution in [0.3, 0.4) is 0 Å². The standard InChI is InChI=1S/C12H10N2OS2/c1-16-11-9(7-13)12(15)17-10(14-11)8-5-3-2-4-6-8/h2-6,10,14H,1H3. The maximum absolute atomic E-state index is 11.8. The predicted octanol–water partition coefficient (Wildman–Crippen LogP) is 2.65. The van der Waals surface area contributed by atoms with Gasteiger partial charge in [-0.1, -0.05) is 42.1 Å². The summed E-state index contributed by atoms with van der Waals surface area (Å²) in [6.07, 6.45) is 1.85. The Morgan fingerprint density at radius 1 is 1.41 bits per heavy atom. The lowest BCUT2D eigenvalue weighted by molar-refractivity contribution is -0.107. The lowest BCUT2D eigenvalue weighted by atomic mass is 10.2. The first kappa shape index (κ1) is 12.1. The number of benzene rings is 1. The second-order valence-electron chi connectivity index (χ2n) is 3.36. The van der Waals surface area contributed by atoms with Crippen molar-refractivity contribution in [2.45, 2.75) is 5.37 Å². The van der Waals surface area contributed by atoms with Gasteiger partial charge in [-0.25, -0.2) is 0 Å². The van der Waals surface area contributed by atoms with Crippen molar-refractivity contribution >= 4 is 28.6 Å². The molecule has 0 radical (unpaired) electrons. The molecular weight excluding hydrogens is 252 g/mol. The molecule has 1 atom stereocenters. The largest absolute Gasteiger partial charge is 0.363 e. The number of hydrogen-bond donors (Lipinski definition) is 1. The van der Waals surface area contributed by atoms with Gasteiger partial charge in [-0.3, -0.25) is 4.79 Å². The molecule has 0 saturated carbocycles. The third-order valence-electron chi connectivity index (χ3n) is 2.34. The van der Waals surface area contributed by atoms with E-state index in [0.29, 0.717) is 5.03 Å². The molecule has 3 nitrogen and oxygen atoms in total. The molecule has 5 heteroatoms. The van der Waals surface area contributed by atoms with E-state index in [0.717, 1.165) is 17.3 Å². The fourth-order valence-corrected chi connectivity index (χ4v) is 3.18. The molecule has 1 aromatic carbocycles. The summed E-state index contributed by atoms with van der Waals surface area (Å²) in [6.45, 7) is 0. The van der Waals surface area contributed by atoms with Gasteiger partial charge in [0.05, 0.1) is 5.03 Å². The average molecular weight is 262 g/mol. The van der Waals surface area contributed by atoms with Crippen molar-refractivity contribution in [3.05, 3.63) is 46.5 Å². The van der Waals surface area contributed by atoms with Crippen LogP contribution in [-0.2, 0) is 4.79 Å². The summed E-state index contributed by atoms with van der Waals surface area (Å²) in [5.41, 5.74) is 1.25. The molecule has 86 valence electrons. The fourth-order valence-electron chi connectivity index (χ4n) is 1.52. The van der Waals surface area contributed by atoms with E-state index >= 15 is 0 Å². The zero-order chi connectivity index (χ0) is 12.3. The van der Waals surface area contributed by atoms with Crippen molar-refractivity contribution < 1.29 is 4.79 Å². The van der Waals surface area contributed by atoms with Crippen LogP contribution in [0.25, 0.3) is 0 Å². The van der Waals surface area contributed by atoms with Gasteiger partial charge in [0.25, 0.3) is 0 Å². The zero-order valence-corrected chi connectivity index (χ0v) is 10.8. The van der Waals surface area contributed by atoms with Crippen molar-refractivity contribution in [3.8, 4) is 6.07 Å². The maximum atomic E-state index is 11.8. The SMILES string of the molecule is CSC1=C(C#N)C(=O)SC(c2ccccc2)N1. The number of thioether (sulfide) groups is 2. The van der Waals surface area contributed by atoms with E-state index in [4.69, 9.17) is 5.26 Å². The highest BCUT2D eigenvalue weighted by molar-refractivity contribution is 8.14. The number of carbonyl (C=O) groups excluding carboxylic acids is 1. The average Bonchev–Trinajstić information content (AvgIpc) is 2.38. The van der Waals surface area contributed by atoms with Crippen LogP contribution in [0.4, 0.5) is 0 Å². The molecule has 1 N–H and O–H groups in total. The quantitative estimate of drug-likeness (QED) is 0.888. The monoisotopic (exact) mass is 262 g/mol. The van der Waals surface area contributed by atoms with E-state index in [1.165, 1.54) is 11.8 Å². The third-order valence-corrected chi connectivity index (χ3v) is 4.11. The first-order chi connectivity index (χ1) is 8.26. The van der Waals surface area contributed by atoms with Crippen LogP contribution >= 0.6 is 23.5 Å². The summed E-state index contributed by atoms with van der Waals surface area (Å²) < 4.78 is 0. The Hall–Kier alpha value is -1.38. The van der Waals surface area contributed by atoms with Crippen molar-refractivity contribution in [1.82, 2.24) is 5.32 Å². The lowest BCUT2D eigenvalue weighted by Gasteiger charge is -2.24. The smallest absolute Gasteiger partial charge is 0.234 e. The van der Waals surface area contributed by atoms with Gasteiger partial charge in [0, 0.05) is 0 Å². The number of nitriles is 1. The van der Waals surface area contributed by atoms with Crippen LogP contribution in [0, 0.1) is 11.3 Å². The van der Waals surface area contributed by atoms with Crippen molar-refractivity contribution in [2.75, 3.05) is 6.26 Å². The summed E-state index contributed by atoms with van der Waals surface area (Å²) in [5.74, 6) is 0. The van der Waals surface area contributed by atoms with E-state index in [1.54, 1.807) is 0 Å². The molecule has 0 bridgehead atoms. The molecule has 17 heavy (non-hydrogen) atoms. The molecule has 1 heterocycles. The molecule has 1 aliphatic heterocycles. The van der Waals surface area contributed by atoms with Crippen LogP contribution in [-0.4, -0.2) is 11.4 Å². The van der Waals surface area contributed by atoms with E-state index < -0.39 is 0 Å². The van der Waals surface area contributed by atoms with Gasteiger partial charge < -0.3 is 5.32 Å². The van der Waals surface area contributed by atoms with Gasteiger partial charge >= 0.3 is 0 Å². The van der Waals surface area contributed by atoms with E-state index in [1.807, 2.05) is 42.7 Å². The highest BCUT2D eigenvalue weighted by Crippen LogP contribution is 2.36. The van der Waals surface area contributed by atoms with Crippen molar-refractivity contribution in [1.29, 1.82) is 5.26 Å². The van der Waals surface area contributed by atoms with Gasteiger partial charge in [-0.15, -0.1) is 11.8 Å². The minimum atomic E-state index is -0.163. The van der Waals surface area contributed by atoms with Crippen molar-refractivity contribution in [2.24, 2.45) is 0 Å². The molecule has 0 saturated heterocycles. The Morgan fingerprint density at radius 3 is 2.71 bits per heavy atom. The predicted molar refractivity (Wildman–Crippen MR) is 71.1 cm³/mol. The lowest BCUT2D eigenvalue weighted by Crippen LogP contribution is -2.25. The first-order valence-corrected chi connectivity index (χ1v) is 7.07. The zero-order valence-electron chi connectivity index (χ0n) is 9.14. The molecule has 1 aromatic rings. The van der Waals surface area contributed by atoms with Gasteiger partial charge in [-0.2, -0.15) is 5.26 Å². The van der Waals surface area contributed by atoms with Crippen LogP contribution < -0.4 is 5.32 Å². The normalized spacial score (nSPS) is 19.8. The Balaban J connectivity index is 2.31. The third kappa shape index (κ3) is 2.48. The summed E-state index contributed by atoms with van der Waals surface area (Å²) in [5, 5.41) is 12.5. The molecule has 0 fully saturated rings. The van der Waals surface area contributed by atoms with Gasteiger partial charge in [0.2, 0.25) is 5.12 Å².